The van der Waals surface area contributed by atoms with Gasteiger partial charge in [0.25, 0.3) is 0 Å². The van der Waals surface area contributed by atoms with E-state index in [-0.39, 0.29) is 5.41 Å². The van der Waals surface area contributed by atoms with E-state index in [1.54, 1.807) is 0 Å². The highest BCUT2D eigenvalue weighted by molar-refractivity contribution is 7.15. The molecule has 0 bridgehead atoms. The fourth-order valence-electron chi connectivity index (χ4n) is 1.76. The van der Waals surface area contributed by atoms with Gasteiger partial charge in [0.2, 0.25) is 5.13 Å². The lowest BCUT2D eigenvalue weighted by molar-refractivity contribution is 0.296. The molecule has 0 fully saturated rings. The van der Waals surface area contributed by atoms with E-state index in [9.17, 15) is 0 Å². The first-order chi connectivity index (χ1) is 9.00. The number of benzene rings is 1. The molecule has 0 radical (unpaired) electrons. The first-order valence-electron chi connectivity index (χ1n) is 6.23. The molecule has 2 rings (SSSR count). The molecule has 0 aliphatic heterocycles. The van der Waals surface area contributed by atoms with E-state index in [0.29, 0.717) is 6.61 Å². The molecule has 0 amide bonds. The van der Waals surface area contributed by atoms with Crippen LogP contribution >= 0.6 is 11.3 Å². The second-order valence-corrected chi connectivity index (χ2v) is 6.35. The van der Waals surface area contributed by atoms with E-state index in [2.05, 4.69) is 42.4 Å². The third-order valence-corrected chi connectivity index (χ3v) is 3.64. The minimum atomic E-state index is 0.0633. The summed E-state index contributed by atoms with van der Waals surface area (Å²) in [5.41, 5.74) is 1.27. The molecule has 0 spiro atoms. The summed E-state index contributed by atoms with van der Waals surface area (Å²) in [6.45, 7) is 6.99. The molecule has 1 aromatic carbocycles. The first-order valence-corrected chi connectivity index (χ1v) is 7.05. The maximum atomic E-state index is 5.89. The minimum absolute atomic E-state index is 0.0633. The Morgan fingerprint density at radius 2 is 1.95 bits per heavy atom. The molecule has 0 saturated heterocycles. The number of anilines is 1. The van der Waals surface area contributed by atoms with Gasteiger partial charge in [0.05, 0.1) is 0 Å². The smallest absolute Gasteiger partial charge is 0.205 e. The number of nitrogens with zero attached hydrogens (tertiary/aromatic N) is 2. The Kier molecular flexibility index (Phi) is 4.04. The lowest BCUT2D eigenvalue weighted by Gasteiger charge is -2.22. The zero-order chi connectivity index (χ0) is 13.9. The lowest BCUT2D eigenvalue weighted by atomic mass is 9.86. The Hall–Kier alpha value is -1.62. The van der Waals surface area contributed by atoms with Crippen molar-refractivity contribution in [2.45, 2.75) is 32.8 Å². The number of ether oxygens (including phenoxy) is 1. The van der Waals surface area contributed by atoms with E-state index in [4.69, 9.17) is 4.74 Å². The minimum Gasteiger partial charge on any atom is -0.486 e. The number of hydrogen-bond donors (Lipinski definition) is 1. The third kappa shape index (κ3) is 3.44. The third-order valence-electron chi connectivity index (χ3n) is 2.73. The van der Waals surface area contributed by atoms with Crippen molar-refractivity contribution in [1.82, 2.24) is 10.2 Å². The molecule has 0 unspecified atom stereocenters. The van der Waals surface area contributed by atoms with Gasteiger partial charge in [-0.1, -0.05) is 50.3 Å². The Bertz CT molecular complexity index is 546. The quantitative estimate of drug-likeness (QED) is 0.929. The van der Waals surface area contributed by atoms with Crippen molar-refractivity contribution in [1.29, 1.82) is 0 Å². The summed E-state index contributed by atoms with van der Waals surface area (Å²) in [5, 5.41) is 12.7. The van der Waals surface area contributed by atoms with E-state index >= 15 is 0 Å². The van der Waals surface area contributed by atoms with Crippen molar-refractivity contribution in [2.24, 2.45) is 0 Å². The second-order valence-electron chi connectivity index (χ2n) is 5.29. The largest absolute Gasteiger partial charge is 0.486 e. The SMILES string of the molecule is CNc1nnc(COc2ccccc2C(C)(C)C)s1. The van der Waals surface area contributed by atoms with Crippen LogP contribution in [0.3, 0.4) is 0 Å². The molecule has 19 heavy (non-hydrogen) atoms. The van der Waals surface area contributed by atoms with Crippen molar-refractivity contribution < 1.29 is 4.74 Å². The van der Waals surface area contributed by atoms with Crippen molar-refractivity contribution in [2.75, 3.05) is 12.4 Å². The van der Waals surface area contributed by atoms with Gasteiger partial charge in [-0.05, 0) is 17.0 Å². The Morgan fingerprint density at radius 1 is 1.21 bits per heavy atom. The van der Waals surface area contributed by atoms with Gasteiger partial charge >= 0.3 is 0 Å². The topological polar surface area (TPSA) is 47.0 Å². The zero-order valence-electron chi connectivity index (χ0n) is 11.7. The van der Waals surface area contributed by atoms with E-state index in [1.165, 1.54) is 16.9 Å². The van der Waals surface area contributed by atoms with E-state index in [1.807, 2.05) is 25.2 Å². The fourth-order valence-corrected chi connectivity index (χ4v) is 2.37. The number of rotatable bonds is 4. The highest BCUT2D eigenvalue weighted by Gasteiger charge is 2.18. The van der Waals surface area contributed by atoms with Crippen LogP contribution in [0.25, 0.3) is 0 Å². The molecule has 1 N–H and O–H groups in total. The maximum Gasteiger partial charge on any atom is 0.205 e. The van der Waals surface area contributed by atoms with Gasteiger partial charge in [-0.25, -0.2) is 0 Å². The van der Waals surface area contributed by atoms with Crippen LogP contribution in [0.1, 0.15) is 31.3 Å². The number of para-hydroxylation sites is 1. The van der Waals surface area contributed by atoms with E-state index in [0.717, 1.165) is 15.9 Å². The highest BCUT2D eigenvalue weighted by atomic mass is 32.1. The molecule has 5 heteroatoms. The lowest BCUT2D eigenvalue weighted by Crippen LogP contribution is -2.13. The predicted molar refractivity (Wildman–Crippen MR) is 78.9 cm³/mol. The van der Waals surface area contributed by atoms with Crippen molar-refractivity contribution >= 4 is 16.5 Å². The van der Waals surface area contributed by atoms with Gasteiger partial charge in [0.1, 0.15) is 12.4 Å². The van der Waals surface area contributed by atoms with Crippen LogP contribution in [0.4, 0.5) is 5.13 Å². The Labute approximate surface area is 117 Å². The molecule has 1 heterocycles. The van der Waals surface area contributed by atoms with Gasteiger partial charge in [-0.15, -0.1) is 10.2 Å². The predicted octanol–water partition coefficient (Wildman–Crippen LogP) is 3.46. The van der Waals surface area contributed by atoms with Crippen LogP contribution in [0.5, 0.6) is 5.75 Å². The highest BCUT2D eigenvalue weighted by Crippen LogP contribution is 2.31. The van der Waals surface area contributed by atoms with Crippen LogP contribution in [0, 0.1) is 0 Å². The second kappa shape index (κ2) is 5.57. The van der Waals surface area contributed by atoms with Crippen LogP contribution < -0.4 is 10.1 Å². The Balaban J connectivity index is 2.11. The molecule has 0 aliphatic carbocycles. The summed E-state index contributed by atoms with van der Waals surface area (Å²) in [6, 6.07) is 8.14. The van der Waals surface area contributed by atoms with Gasteiger partial charge in [0.15, 0.2) is 5.01 Å². The summed E-state index contributed by atoms with van der Waals surface area (Å²) in [5.74, 6) is 0.913. The zero-order valence-corrected chi connectivity index (χ0v) is 12.5. The number of nitrogens with one attached hydrogen (secondary N) is 1. The maximum absolute atomic E-state index is 5.89. The van der Waals surface area contributed by atoms with Crippen molar-refractivity contribution in [3.63, 3.8) is 0 Å². The molecule has 0 atom stereocenters. The summed E-state index contributed by atoms with van der Waals surface area (Å²) in [7, 11) is 1.83. The van der Waals surface area contributed by atoms with Crippen molar-refractivity contribution in [3.8, 4) is 5.75 Å². The number of aromatic nitrogens is 2. The standard InChI is InChI=1S/C14H19N3OS/c1-14(2,3)10-7-5-6-8-11(10)18-9-12-16-17-13(15-4)19-12/h5-8H,9H2,1-4H3,(H,15,17). The first kappa shape index (κ1) is 13.8. The van der Waals surface area contributed by atoms with Crippen LogP contribution in [0.2, 0.25) is 0 Å². The van der Waals surface area contributed by atoms with Gasteiger partial charge in [-0.2, -0.15) is 0 Å². The van der Waals surface area contributed by atoms with Crippen LogP contribution in [-0.4, -0.2) is 17.2 Å². The monoisotopic (exact) mass is 277 g/mol. The molecular formula is C14H19N3OS. The van der Waals surface area contributed by atoms with Crippen LogP contribution in [0.15, 0.2) is 24.3 Å². The molecule has 0 saturated carbocycles. The van der Waals surface area contributed by atoms with Gasteiger partial charge in [0, 0.05) is 7.05 Å². The van der Waals surface area contributed by atoms with Gasteiger partial charge < -0.3 is 10.1 Å². The fraction of sp³-hybridized carbons (Fsp3) is 0.429. The average Bonchev–Trinajstić information content (AvgIpc) is 2.83. The molecular weight excluding hydrogens is 258 g/mol. The van der Waals surface area contributed by atoms with E-state index < -0.39 is 0 Å². The average molecular weight is 277 g/mol. The molecule has 102 valence electrons. The molecule has 2 aromatic rings. The summed E-state index contributed by atoms with van der Waals surface area (Å²) < 4.78 is 5.89. The Morgan fingerprint density at radius 3 is 2.58 bits per heavy atom. The summed E-state index contributed by atoms with van der Waals surface area (Å²) >= 11 is 1.51. The van der Waals surface area contributed by atoms with Crippen LogP contribution in [-0.2, 0) is 12.0 Å². The molecule has 4 nitrogen and oxygen atoms in total. The van der Waals surface area contributed by atoms with Crippen molar-refractivity contribution in [3.05, 3.63) is 34.8 Å². The molecule has 0 aliphatic rings. The van der Waals surface area contributed by atoms with Gasteiger partial charge in [-0.3, -0.25) is 0 Å². The molecule has 1 aromatic heterocycles. The summed E-state index contributed by atoms with van der Waals surface area (Å²) in [6.07, 6.45) is 0. The summed E-state index contributed by atoms with van der Waals surface area (Å²) in [4.78, 5) is 0. The number of hydrogen-bond acceptors (Lipinski definition) is 5. The normalized spacial score (nSPS) is 11.4.